The molecule has 1 aliphatic rings. The second-order valence-electron chi connectivity index (χ2n) is 4.25. The summed E-state index contributed by atoms with van der Waals surface area (Å²) in [7, 11) is 0. The van der Waals surface area contributed by atoms with E-state index in [2.05, 4.69) is 39.9 Å². The van der Waals surface area contributed by atoms with Gasteiger partial charge in [-0.2, -0.15) is 0 Å². The molecule has 0 fully saturated rings. The lowest BCUT2D eigenvalue weighted by Gasteiger charge is -2.26. The molecule has 0 aromatic rings. The fraction of sp³-hybridized carbons (Fsp3) is 0.818. The Balaban J connectivity index is 2.97. The largest absolute Gasteiger partial charge is 0.385 e. The van der Waals surface area contributed by atoms with Crippen molar-refractivity contribution in [1.29, 1.82) is 0 Å². The van der Waals surface area contributed by atoms with Gasteiger partial charge in [0.25, 0.3) is 0 Å². The zero-order chi connectivity index (χ0) is 9.35. The molecule has 0 aromatic heterocycles. The van der Waals surface area contributed by atoms with Crippen LogP contribution in [0.4, 0.5) is 0 Å². The minimum atomic E-state index is 0.361. The first-order valence-corrected chi connectivity index (χ1v) is 5.03. The van der Waals surface area contributed by atoms with Crippen LogP contribution in [0.2, 0.25) is 0 Å². The molecule has 12 heavy (non-hydrogen) atoms. The van der Waals surface area contributed by atoms with Gasteiger partial charge in [0.2, 0.25) is 0 Å². The van der Waals surface area contributed by atoms with Gasteiger partial charge in [0, 0.05) is 17.2 Å². The number of hydrogen-bond acceptors (Lipinski definition) is 1. The fourth-order valence-corrected chi connectivity index (χ4v) is 2.16. The third-order valence-electron chi connectivity index (χ3n) is 3.32. The second-order valence-corrected chi connectivity index (χ2v) is 4.25. The fourth-order valence-electron chi connectivity index (χ4n) is 2.16. The summed E-state index contributed by atoms with van der Waals surface area (Å²) in [5, 5.41) is 3.57. The van der Waals surface area contributed by atoms with Gasteiger partial charge in [0.05, 0.1) is 0 Å². The van der Waals surface area contributed by atoms with E-state index in [9.17, 15) is 0 Å². The monoisotopic (exact) mass is 167 g/mol. The van der Waals surface area contributed by atoms with Gasteiger partial charge in [-0.15, -0.1) is 0 Å². The van der Waals surface area contributed by atoms with Crippen molar-refractivity contribution in [3.8, 4) is 0 Å². The van der Waals surface area contributed by atoms with E-state index in [4.69, 9.17) is 0 Å². The van der Waals surface area contributed by atoms with Gasteiger partial charge >= 0.3 is 0 Å². The Hall–Kier alpha value is -0.460. The zero-order valence-corrected chi connectivity index (χ0v) is 8.99. The Morgan fingerprint density at radius 1 is 1.25 bits per heavy atom. The van der Waals surface area contributed by atoms with E-state index in [1.807, 2.05) is 0 Å². The lowest BCUT2D eigenvalue weighted by atomic mass is 9.79. The van der Waals surface area contributed by atoms with Crippen molar-refractivity contribution in [2.75, 3.05) is 0 Å². The molecule has 0 amide bonds. The molecule has 1 N–H and O–H groups in total. The molecule has 0 aliphatic carbocycles. The highest BCUT2D eigenvalue weighted by Gasteiger charge is 2.36. The van der Waals surface area contributed by atoms with Gasteiger partial charge in [-0.25, -0.2) is 0 Å². The topological polar surface area (TPSA) is 12.0 Å². The van der Waals surface area contributed by atoms with Crippen LogP contribution in [0.3, 0.4) is 0 Å². The Kier molecular flexibility index (Phi) is 2.50. The minimum absolute atomic E-state index is 0.361. The molecule has 0 radical (unpaired) electrons. The van der Waals surface area contributed by atoms with Crippen molar-refractivity contribution in [2.24, 2.45) is 5.41 Å². The van der Waals surface area contributed by atoms with Crippen LogP contribution >= 0.6 is 0 Å². The maximum Gasteiger partial charge on any atom is 0.0318 e. The van der Waals surface area contributed by atoms with E-state index >= 15 is 0 Å². The van der Waals surface area contributed by atoms with Gasteiger partial charge < -0.3 is 5.32 Å². The molecular formula is C11H21N. The van der Waals surface area contributed by atoms with Crippen molar-refractivity contribution >= 4 is 0 Å². The van der Waals surface area contributed by atoms with Gasteiger partial charge in [0.15, 0.2) is 0 Å². The maximum atomic E-state index is 3.57. The van der Waals surface area contributed by atoms with Crippen molar-refractivity contribution in [3.05, 3.63) is 11.3 Å². The van der Waals surface area contributed by atoms with Crippen molar-refractivity contribution in [1.82, 2.24) is 5.32 Å². The van der Waals surface area contributed by atoms with Crippen molar-refractivity contribution in [2.45, 2.75) is 53.5 Å². The Morgan fingerprint density at radius 2 is 1.83 bits per heavy atom. The van der Waals surface area contributed by atoms with Crippen molar-refractivity contribution in [3.63, 3.8) is 0 Å². The van der Waals surface area contributed by atoms with E-state index < -0.39 is 0 Å². The van der Waals surface area contributed by atoms with Gasteiger partial charge in [0.1, 0.15) is 0 Å². The predicted octanol–water partition coefficient (Wildman–Crippen LogP) is 3.08. The Morgan fingerprint density at radius 3 is 2.17 bits per heavy atom. The molecule has 0 spiro atoms. The van der Waals surface area contributed by atoms with E-state index in [1.54, 1.807) is 5.57 Å². The molecule has 1 atom stereocenters. The van der Waals surface area contributed by atoms with Crippen LogP contribution in [0.25, 0.3) is 0 Å². The highest BCUT2D eigenvalue weighted by atomic mass is 15.0. The summed E-state index contributed by atoms with van der Waals surface area (Å²) in [6.07, 6.45) is 2.34. The molecule has 0 saturated heterocycles. The average molecular weight is 167 g/mol. The molecule has 1 heteroatoms. The molecule has 0 saturated carbocycles. The Bertz CT molecular complexity index is 201. The average Bonchev–Trinajstić information content (AvgIpc) is 2.23. The zero-order valence-electron chi connectivity index (χ0n) is 8.99. The van der Waals surface area contributed by atoms with Crippen LogP contribution in [0.15, 0.2) is 11.3 Å². The summed E-state index contributed by atoms with van der Waals surface area (Å²) in [6.45, 7) is 11.4. The molecule has 0 aromatic carbocycles. The lowest BCUT2D eigenvalue weighted by Crippen LogP contribution is -2.31. The number of hydrogen-bond donors (Lipinski definition) is 1. The van der Waals surface area contributed by atoms with Crippen LogP contribution < -0.4 is 5.32 Å². The van der Waals surface area contributed by atoms with Crippen LogP contribution in [0.1, 0.15) is 47.5 Å². The minimum Gasteiger partial charge on any atom is -0.385 e. The summed E-state index contributed by atoms with van der Waals surface area (Å²) in [5.41, 5.74) is 3.47. The molecule has 1 heterocycles. The van der Waals surface area contributed by atoms with E-state index in [0.717, 1.165) is 6.42 Å². The molecule has 1 aliphatic heterocycles. The SMILES string of the molecule is CCC1=C(CC)C(C)(C)C(C)N1. The highest BCUT2D eigenvalue weighted by molar-refractivity contribution is 5.28. The third-order valence-corrected chi connectivity index (χ3v) is 3.32. The number of nitrogens with one attached hydrogen (secondary N) is 1. The van der Waals surface area contributed by atoms with E-state index in [-0.39, 0.29) is 0 Å². The molecular weight excluding hydrogens is 146 g/mol. The molecule has 1 rings (SSSR count). The standard InChI is InChI=1S/C11H21N/c1-6-9-10(7-2)12-8(3)11(9,4)5/h8,12H,6-7H2,1-5H3. The van der Waals surface area contributed by atoms with E-state index in [1.165, 1.54) is 12.1 Å². The summed E-state index contributed by atoms with van der Waals surface area (Å²) in [5.74, 6) is 0. The van der Waals surface area contributed by atoms with E-state index in [0.29, 0.717) is 11.5 Å². The highest BCUT2D eigenvalue weighted by Crippen LogP contribution is 2.40. The number of rotatable bonds is 2. The summed E-state index contributed by atoms with van der Waals surface area (Å²) in [4.78, 5) is 0. The molecule has 0 bridgehead atoms. The summed E-state index contributed by atoms with van der Waals surface area (Å²) < 4.78 is 0. The van der Waals surface area contributed by atoms with Gasteiger partial charge in [-0.05, 0) is 25.3 Å². The van der Waals surface area contributed by atoms with Crippen LogP contribution in [-0.2, 0) is 0 Å². The first-order chi connectivity index (χ1) is 5.54. The van der Waals surface area contributed by atoms with Gasteiger partial charge in [-0.3, -0.25) is 0 Å². The molecule has 1 unspecified atom stereocenters. The molecule has 1 nitrogen and oxygen atoms in total. The normalized spacial score (nSPS) is 27.6. The summed E-state index contributed by atoms with van der Waals surface area (Å²) >= 11 is 0. The first-order valence-electron chi connectivity index (χ1n) is 5.03. The predicted molar refractivity (Wildman–Crippen MR) is 54.0 cm³/mol. The summed E-state index contributed by atoms with van der Waals surface area (Å²) in [6, 6.07) is 0.599. The maximum absolute atomic E-state index is 3.57. The van der Waals surface area contributed by atoms with Crippen LogP contribution in [0, 0.1) is 5.41 Å². The third kappa shape index (κ3) is 1.26. The molecule has 70 valence electrons. The quantitative estimate of drug-likeness (QED) is 0.666. The van der Waals surface area contributed by atoms with Crippen molar-refractivity contribution < 1.29 is 0 Å². The lowest BCUT2D eigenvalue weighted by molar-refractivity contribution is 0.361. The second kappa shape index (κ2) is 3.12. The van der Waals surface area contributed by atoms with Crippen LogP contribution in [0.5, 0.6) is 0 Å². The van der Waals surface area contributed by atoms with Crippen LogP contribution in [-0.4, -0.2) is 6.04 Å². The van der Waals surface area contributed by atoms with Gasteiger partial charge in [-0.1, -0.05) is 27.7 Å². The first kappa shape index (κ1) is 9.63. The Labute approximate surface area is 76.2 Å². The smallest absolute Gasteiger partial charge is 0.0318 e. The number of allylic oxidation sites excluding steroid dienone is 1.